The highest BCUT2D eigenvalue weighted by molar-refractivity contribution is 5.92. The van der Waals surface area contributed by atoms with E-state index < -0.39 is 0 Å². The Morgan fingerprint density at radius 1 is 1.30 bits per heavy atom. The largest absolute Gasteiger partial charge is 0.466 e. The van der Waals surface area contributed by atoms with E-state index in [-0.39, 0.29) is 52.3 Å². The van der Waals surface area contributed by atoms with Crippen molar-refractivity contribution in [2.24, 2.45) is 28.6 Å². The van der Waals surface area contributed by atoms with Gasteiger partial charge in [-0.1, -0.05) is 26.8 Å². The van der Waals surface area contributed by atoms with E-state index in [9.17, 15) is 9.59 Å². The summed E-state index contributed by atoms with van der Waals surface area (Å²) < 4.78 is 30.1. The van der Waals surface area contributed by atoms with E-state index in [2.05, 4.69) is 20.8 Å². The summed E-state index contributed by atoms with van der Waals surface area (Å²) in [6.07, 6.45) is 7.06. The van der Waals surface area contributed by atoms with Crippen LogP contribution in [0.2, 0.25) is 0 Å². The second-order valence-corrected chi connectivity index (χ2v) is 11.7. The molecule has 7 aliphatic rings. The second kappa shape index (κ2) is 6.10. The summed E-state index contributed by atoms with van der Waals surface area (Å²) >= 11 is 0. The number of rotatable bonds is 5. The maximum Gasteiger partial charge on any atom is 0.334 e. The highest BCUT2D eigenvalue weighted by atomic mass is 16.7. The lowest BCUT2D eigenvalue weighted by atomic mass is 9.45. The second-order valence-electron chi connectivity index (χ2n) is 11.7. The third-order valence-electron chi connectivity index (χ3n) is 10.6. The van der Waals surface area contributed by atoms with E-state index >= 15 is 0 Å². The highest BCUT2D eigenvalue weighted by Gasteiger charge is 2.98. The van der Waals surface area contributed by atoms with Crippen LogP contribution >= 0.6 is 0 Å². The first kappa shape index (κ1) is 20.7. The number of fused-ring (bicyclic) bond motifs is 4. The number of hydrogen-bond donors (Lipinski definition) is 0. The topological polar surface area (TPSA) is 86.9 Å². The molecule has 2 spiro atoms. The Labute approximate surface area is 193 Å². The third-order valence-corrected chi connectivity index (χ3v) is 10.6. The van der Waals surface area contributed by atoms with Crippen molar-refractivity contribution in [1.82, 2.24) is 0 Å². The summed E-state index contributed by atoms with van der Waals surface area (Å²) in [5, 5.41) is 0. The first-order chi connectivity index (χ1) is 15.8. The minimum absolute atomic E-state index is 0.00797. The molecule has 178 valence electrons. The average molecular weight is 457 g/mol. The van der Waals surface area contributed by atoms with Crippen molar-refractivity contribution in [1.29, 1.82) is 0 Å². The van der Waals surface area contributed by atoms with Gasteiger partial charge in [0.1, 0.15) is 23.9 Å². The number of carbonyl (C=O) groups excluding carboxylic acids is 2. The molecule has 5 fully saturated rings. The lowest BCUT2D eigenvalue weighted by Crippen LogP contribution is -2.65. The molecule has 0 aromatic rings. The molecule has 33 heavy (non-hydrogen) atoms. The van der Waals surface area contributed by atoms with Crippen LogP contribution in [0, 0.1) is 28.6 Å². The van der Waals surface area contributed by atoms with Crippen LogP contribution in [0.15, 0.2) is 23.3 Å². The molecular formula is C26H32O7. The molecule has 0 aromatic heterocycles. The molecule has 0 bridgehead atoms. The number of esters is 2. The van der Waals surface area contributed by atoms with Crippen molar-refractivity contribution in [2.75, 3.05) is 20.3 Å². The van der Waals surface area contributed by atoms with Crippen LogP contribution in [0.1, 0.15) is 46.5 Å². The molecule has 0 aromatic carbocycles. The fourth-order valence-corrected chi connectivity index (χ4v) is 9.12. The lowest BCUT2D eigenvalue weighted by molar-refractivity contribution is -0.136. The maximum absolute atomic E-state index is 12.3. The standard InChI is InChI=1S/C26H32O7/c1-13(2)25-20(33-25)17-11-24(17)23(3)8-7-14-15(12-31-21(14)28)16(23)10-18-26(24,32-18)22(25)30-9-5-6-19(27)29-4/h5-6,13,16-18,20,22H,7-12H2,1-4H3/b6-5-/t16-,17-,18-,20-,22+,23-,24-,25-,26+/m0/s1. The van der Waals surface area contributed by atoms with Crippen molar-refractivity contribution in [2.45, 2.75) is 76.0 Å². The van der Waals surface area contributed by atoms with Crippen molar-refractivity contribution in [3.8, 4) is 0 Å². The molecule has 0 amide bonds. The zero-order valence-electron chi connectivity index (χ0n) is 19.7. The molecule has 4 aliphatic carbocycles. The quantitative estimate of drug-likeness (QED) is 0.357. The minimum atomic E-state index is -0.383. The molecule has 0 unspecified atom stereocenters. The van der Waals surface area contributed by atoms with E-state index in [1.165, 1.54) is 18.8 Å². The Kier molecular flexibility index (Phi) is 3.82. The van der Waals surface area contributed by atoms with Crippen LogP contribution in [-0.4, -0.2) is 61.8 Å². The minimum Gasteiger partial charge on any atom is -0.466 e. The molecule has 9 atom stereocenters. The van der Waals surface area contributed by atoms with Crippen LogP contribution in [0.3, 0.4) is 0 Å². The van der Waals surface area contributed by atoms with Crippen molar-refractivity contribution < 1.29 is 33.3 Å². The summed E-state index contributed by atoms with van der Waals surface area (Å²) in [6, 6.07) is 0. The van der Waals surface area contributed by atoms with Gasteiger partial charge in [0.05, 0.1) is 25.9 Å². The van der Waals surface area contributed by atoms with Gasteiger partial charge in [-0.2, -0.15) is 0 Å². The van der Waals surface area contributed by atoms with Crippen LogP contribution in [0.5, 0.6) is 0 Å². The normalized spacial score (nSPS) is 52.3. The van der Waals surface area contributed by atoms with E-state index in [0.717, 1.165) is 31.3 Å². The van der Waals surface area contributed by atoms with Gasteiger partial charge in [-0.3, -0.25) is 0 Å². The van der Waals surface area contributed by atoms with Crippen LogP contribution < -0.4 is 0 Å². The molecule has 3 saturated carbocycles. The molecular weight excluding hydrogens is 424 g/mol. The van der Waals surface area contributed by atoms with Crippen molar-refractivity contribution in [3.63, 3.8) is 0 Å². The summed E-state index contributed by atoms with van der Waals surface area (Å²) in [7, 11) is 1.37. The van der Waals surface area contributed by atoms with Gasteiger partial charge in [-0.15, -0.1) is 0 Å². The van der Waals surface area contributed by atoms with Gasteiger partial charge >= 0.3 is 11.9 Å². The van der Waals surface area contributed by atoms with E-state index in [1.807, 2.05) is 0 Å². The van der Waals surface area contributed by atoms with E-state index in [0.29, 0.717) is 31.0 Å². The molecule has 3 heterocycles. The van der Waals surface area contributed by atoms with Gasteiger partial charge in [0.2, 0.25) is 0 Å². The summed E-state index contributed by atoms with van der Waals surface area (Å²) in [4.78, 5) is 23.8. The molecule has 7 nitrogen and oxygen atoms in total. The smallest absolute Gasteiger partial charge is 0.334 e. The number of cyclic esters (lactones) is 1. The first-order valence-corrected chi connectivity index (χ1v) is 12.4. The van der Waals surface area contributed by atoms with Gasteiger partial charge in [-0.25, -0.2) is 9.59 Å². The number of carbonyl (C=O) groups is 2. The first-order valence-electron chi connectivity index (χ1n) is 12.4. The zero-order chi connectivity index (χ0) is 23.0. The third kappa shape index (κ3) is 2.11. The van der Waals surface area contributed by atoms with Gasteiger partial charge < -0.3 is 23.7 Å². The number of methoxy groups -OCH3 is 1. The van der Waals surface area contributed by atoms with E-state index in [1.54, 1.807) is 6.08 Å². The van der Waals surface area contributed by atoms with Crippen molar-refractivity contribution >= 4 is 11.9 Å². The number of ether oxygens (including phenoxy) is 5. The Bertz CT molecular complexity index is 1030. The van der Waals surface area contributed by atoms with Crippen LogP contribution in [0.4, 0.5) is 0 Å². The highest BCUT2D eigenvalue weighted by Crippen LogP contribution is 2.90. The number of hydrogen-bond acceptors (Lipinski definition) is 7. The van der Waals surface area contributed by atoms with Gasteiger partial charge in [0, 0.05) is 17.1 Å². The summed E-state index contributed by atoms with van der Waals surface area (Å²) in [6.45, 7) is 7.64. The van der Waals surface area contributed by atoms with E-state index in [4.69, 9.17) is 23.7 Å². The Hall–Kier alpha value is -1.70. The molecule has 7 rings (SSSR count). The predicted octanol–water partition coefficient (Wildman–Crippen LogP) is 2.73. The molecule has 0 radical (unpaired) electrons. The predicted molar refractivity (Wildman–Crippen MR) is 115 cm³/mol. The van der Waals surface area contributed by atoms with Crippen molar-refractivity contribution in [3.05, 3.63) is 23.3 Å². The average Bonchev–Trinajstić information content (AvgIpc) is 3.68. The molecule has 0 N–H and O–H groups in total. The van der Waals surface area contributed by atoms with Crippen LogP contribution in [-0.2, 0) is 33.3 Å². The Balaban J connectivity index is 1.27. The monoisotopic (exact) mass is 456 g/mol. The fraction of sp³-hybridized carbons (Fsp3) is 0.769. The Morgan fingerprint density at radius 3 is 2.88 bits per heavy atom. The Morgan fingerprint density at radius 2 is 2.12 bits per heavy atom. The SMILES string of the molecule is COC(=O)/C=C\CO[C@@H]1[C@@]2(C(C)C)O[C@H]2[C@@H]2C[C@]23[C@]12O[C@H]2C[C@H]1C2=C(CC[C@@]13C)C(=O)OC2. The van der Waals surface area contributed by atoms with Gasteiger partial charge in [-0.05, 0) is 54.4 Å². The maximum atomic E-state index is 12.3. The lowest BCUT2D eigenvalue weighted by Gasteiger charge is -2.56. The summed E-state index contributed by atoms with van der Waals surface area (Å²) in [5.41, 5.74) is 1.53. The van der Waals surface area contributed by atoms with Crippen LogP contribution in [0.25, 0.3) is 0 Å². The summed E-state index contributed by atoms with van der Waals surface area (Å²) in [5.74, 6) is 0.609. The fourth-order valence-electron chi connectivity index (χ4n) is 9.12. The molecule has 3 aliphatic heterocycles. The molecule has 2 saturated heterocycles. The zero-order valence-corrected chi connectivity index (χ0v) is 19.7. The number of epoxide rings is 2. The van der Waals surface area contributed by atoms with Gasteiger partial charge in [0.15, 0.2) is 0 Å². The van der Waals surface area contributed by atoms with Gasteiger partial charge in [0.25, 0.3) is 0 Å². The molecule has 7 heteroatoms.